The zero-order chi connectivity index (χ0) is 12.1. The number of benzene rings is 1. The van der Waals surface area contributed by atoms with Crippen LogP contribution in [0.15, 0.2) is 12.1 Å². The van der Waals surface area contributed by atoms with Crippen molar-refractivity contribution < 1.29 is 23.5 Å². The first-order valence-electron chi connectivity index (χ1n) is 4.54. The number of hydrogen-bond acceptors (Lipinski definition) is 4. The molecule has 0 atom stereocenters. The van der Waals surface area contributed by atoms with Crippen molar-refractivity contribution in [3.63, 3.8) is 0 Å². The maximum atomic E-state index is 12.6. The predicted octanol–water partition coefficient (Wildman–Crippen LogP) is 2.12. The van der Waals surface area contributed by atoms with Gasteiger partial charge in [0.1, 0.15) is 0 Å². The third-order valence-electron chi connectivity index (χ3n) is 2.10. The first-order valence-corrected chi connectivity index (χ1v) is 4.54. The van der Waals surface area contributed by atoms with Crippen LogP contribution in [0.1, 0.15) is 17.6 Å². The van der Waals surface area contributed by atoms with Gasteiger partial charge < -0.3 is 14.7 Å². The summed E-state index contributed by atoms with van der Waals surface area (Å²) in [6, 6.07) is 2.47. The second-order valence-electron chi connectivity index (χ2n) is 3.05. The molecule has 0 saturated carbocycles. The summed E-state index contributed by atoms with van der Waals surface area (Å²) in [6.45, 7) is 0.0000926. The average Bonchev–Trinajstić information content (AvgIpc) is 2.28. The molecule has 0 saturated heterocycles. The molecule has 0 bridgehead atoms. The molecule has 0 aliphatic heterocycles. The topological polar surface area (TPSA) is 50.7 Å². The first kappa shape index (κ1) is 12.7. The van der Waals surface area contributed by atoms with Crippen LogP contribution in [0.3, 0.4) is 0 Å². The van der Waals surface area contributed by atoms with Crippen molar-refractivity contribution in [3.05, 3.63) is 23.3 Å². The SMILES string of the molecule is COc1cc(C(F)F)cc(CNO)c1OC. The van der Waals surface area contributed by atoms with Crippen molar-refractivity contribution in [1.82, 2.24) is 5.48 Å². The average molecular weight is 233 g/mol. The molecule has 16 heavy (non-hydrogen) atoms. The highest BCUT2D eigenvalue weighted by Crippen LogP contribution is 2.35. The molecule has 0 aromatic heterocycles. The Morgan fingerprint density at radius 1 is 1.31 bits per heavy atom. The number of nitrogens with one attached hydrogen (secondary N) is 1. The van der Waals surface area contributed by atoms with Crippen molar-refractivity contribution in [2.45, 2.75) is 13.0 Å². The molecular weight excluding hydrogens is 220 g/mol. The molecule has 6 heteroatoms. The normalized spacial score (nSPS) is 10.6. The van der Waals surface area contributed by atoms with Gasteiger partial charge in [0.25, 0.3) is 6.43 Å². The summed E-state index contributed by atoms with van der Waals surface area (Å²) in [4.78, 5) is 0. The van der Waals surface area contributed by atoms with E-state index in [4.69, 9.17) is 14.7 Å². The lowest BCUT2D eigenvalue weighted by Gasteiger charge is -2.14. The van der Waals surface area contributed by atoms with Gasteiger partial charge in [-0.2, -0.15) is 0 Å². The molecule has 1 rings (SSSR count). The highest BCUT2D eigenvalue weighted by molar-refractivity contribution is 5.49. The quantitative estimate of drug-likeness (QED) is 0.765. The number of rotatable bonds is 5. The van der Waals surface area contributed by atoms with Crippen molar-refractivity contribution in [2.75, 3.05) is 14.2 Å². The molecule has 0 aliphatic rings. The molecule has 1 aromatic carbocycles. The molecule has 0 aliphatic carbocycles. The molecular formula is C10H13F2NO3. The Morgan fingerprint density at radius 3 is 2.44 bits per heavy atom. The summed E-state index contributed by atoms with van der Waals surface area (Å²) in [6.07, 6.45) is -2.60. The number of halogens is 2. The van der Waals surface area contributed by atoms with Crippen LogP contribution in [-0.2, 0) is 6.54 Å². The summed E-state index contributed by atoms with van der Waals surface area (Å²) in [5, 5.41) is 8.60. The van der Waals surface area contributed by atoms with E-state index in [-0.39, 0.29) is 17.9 Å². The van der Waals surface area contributed by atoms with Crippen LogP contribution in [0.25, 0.3) is 0 Å². The van der Waals surface area contributed by atoms with Crippen LogP contribution in [0, 0.1) is 0 Å². The van der Waals surface area contributed by atoms with Gasteiger partial charge in [-0.1, -0.05) is 0 Å². The standard InChI is InChI=1S/C10H13F2NO3/c1-15-8-4-6(10(11)12)3-7(5-13-14)9(8)16-2/h3-4,10,13-14H,5H2,1-2H3. The minimum absolute atomic E-state index is 0.0000926. The largest absolute Gasteiger partial charge is 0.493 e. The lowest BCUT2D eigenvalue weighted by atomic mass is 10.1. The van der Waals surface area contributed by atoms with Gasteiger partial charge in [0.15, 0.2) is 11.5 Å². The molecule has 0 amide bonds. The minimum atomic E-state index is -2.60. The molecule has 0 spiro atoms. The van der Waals surface area contributed by atoms with Gasteiger partial charge in [-0.3, -0.25) is 0 Å². The number of methoxy groups -OCH3 is 2. The monoisotopic (exact) mass is 233 g/mol. The summed E-state index contributed by atoms with van der Waals surface area (Å²) in [5.41, 5.74) is 2.12. The van der Waals surface area contributed by atoms with E-state index in [1.54, 1.807) is 0 Å². The zero-order valence-electron chi connectivity index (χ0n) is 8.96. The number of ether oxygens (including phenoxy) is 2. The number of hydrogen-bond donors (Lipinski definition) is 2. The van der Waals surface area contributed by atoms with Crippen LogP contribution >= 0.6 is 0 Å². The first-order chi connectivity index (χ1) is 7.63. The van der Waals surface area contributed by atoms with E-state index in [1.807, 2.05) is 5.48 Å². The maximum Gasteiger partial charge on any atom is 0.263 e. The fraction of sp³-hybridized carbons (Fsp3) is 0.400. The van der Waals surface area contributed by atoms with Gasteiger partial charge in [0.2, 0.25) is 0 Å². The summed E-state index contributed by atoms with van der Waals surface area (Å²) >= 11 is 0. The fourth-order valence-electron chi connectivity index (χ4n) is 1.41. The zero-order valence-corrected chi connectivity index (χ0v) is 8.96. The summed E-state index contributed by atoms with van der Waals surface area (Å²) in [5.74, 6) is 0.541. The molecule has 0 unspecified atom stereocenters. The van der Waals surface area contributed by atoms with E-state index in [2.05, 4.69) is 0 Å². The minimum Gasteiger partial charge on any atom is -0.493 e. The Kier molecular flexibility index (Phi) is 4.45. The van der Waals surface area contributed by atoms with E-state index < -0.39 is 6.43 Å². The van der Waals surface area contributed by atoms with Crippen LogP contribution in [0.5, 0.6) is 11.5 Å². The van der Waals surface area contributed by atoms with Crippen molar-refractivity contribution >= 4 is 0 Å². The smallest absolute Gasteiger partial charge is 0.263 e. The molecule has 1 aromatic rings. The Hall–Kier alpha value is -1.40. The van der Waals surface area contributed by atoms with Crippen LogP contribution in [-0.4, -0.2) is 19.4 Å². The highest BCUT2D eigenvalue weighted by Gasteiger charge is 2.16. The lowest BCUT2D eigenvalue weighted by Crippen LogP contribution is -2.09. The van der Waals surface area contributed by atoms with Crippen LogP contribution < -0.4 is 15.0 Å². The summed E-state index contributed by atoms with van der Waals surface area (Å²) < 4.78 is 35.1. The molecule has 90 valence electrons. The van der Waals surface area contributed by atoms with E-state index in [0.29, 0.717) is 11.3 Å². The Morgan fingerprint density at radius 2 is 2.00 bits per heavy atom. The molecule has 0 heterocycles. The van der Waals surface area contributed by atoms with E-state index >= 15 is 0 Å². The van der Waals surface area contributed by atoms with Crippen molar-refractivity contribution in [3.8, 4) is 11.5 Å². The Bertz CT molecular complexity index is 358. The van der Waals surface area contributed by atoms with E-state index in [9.17, 15) is 8.78 Å². The number of hydroxylamine groups is 1. The van der Waals surface area contributed by atoms with Crippen molar-refractivity contribution in [1.29, 1.82) is 0 Å². The second-order valence-corrected chi connectivity index (χ2v) is 3.05. The van der Waals surface area contributed by atoms with Crippen LogP contribution in [0.2, 0.25) is 0 Å². The summed E-state index contributed by atoms with van der Waals surface area (Å²) in [7, 11) is 2.77. The fourth-order valence-corrected chi connectivity index (χ4v) is 1.41. The molecule has 0 fully saturated rings. The Labute approximate surface area is 91.7 Å². The predicted molar refractivity (Wildman–Crippen MR) is 53.1 cm³/mol. The van der Waals surface area contributed by atoms with Gasteiger partial charge in [0.05, 0.1) is 14.2 Å². The van der Waals surface area contributed by atoms with Gasteiger partial charge in [-0.25, -0.2) is 14.3 Å². The Balaban J connectivity index is 3.25. The molecule has 0 radical (unpaired) electrons. The highest BCUT2D eigenvalue weighted by atomic mass is 19.3. The van der Waals surface area contributed by atoms with Gasteiger partial charge in [-0.05, 0) is 12.1 Å². The third kappa shape index (κ3) is 2.59. The van der Waals surface area contributed by atoms with Gasteiger partial charge in [0, 0.05) is 17.7 Å². The van der Waals surface area contributed by atoms with Gasteiger partial charge in [-0.15, -0.1) is 0 Å². The number of alkyl halides is 2. The molecule has 4 nitrogen and oxygen atoms in total. The third-order valence-corrected chi connectivity index (χ3v) is 2.10. The van der Waals surface area contributed by atoms with Gasteiger partial charge >= 0.3 is 0 Å². The van der Waals surface area contributed by atoms with Crippen molar-refractivity contribution in [2.24, 2.45) is 0 Å². The van der Waals surface area contributed by atoms with E-state index in [1.165, 1.54) is 26.4 Å². The van der Waals surface area contributed by atoms with E-state index in [0.717, 1.165) is 0 Å². The lowest BCUT2D eigenvalue weighted by molar-refractivity contribution is 0.148. The maximum absolute atomic E-state index is 12.6. The molecule has 2 N–H and O–H groups in total. The van der Waals surface area contributed by atoms with Crippen LogP contribution in [0.4, 0.5) is 8.78 Å². The second kappa shape index (κ2) is 5.62.